The number of hydrogen-bond donors (Lipinski definition) is 1. The number of nitrogens with zero attached hydrogens (tertiary/aromatic N) is 1. The van der Waals surface area contributed by atoms with Crippen LogP contribution in [-0.4, -0.2) is 13.0 Å². The molecule has 5 heteroatoms. The van der Waals surface area contributed by atoms with Crippen molar-refractivity contribution >= 4 is 17.3 Å². The normalized spacial score (nSPS) is 9.93. The average Bonchev–Trinajstić information content (AvgIpc) is 2.14. The van der Waals surface area contributed by atoms with Gasteiger partial charge in [-0.1, -0.05) is 17.7 Å². The summed E-state index contributed by atoms with van der Waals surface area (Å²) in [4.78, 5) is 0. The van der Waals surface area contributed by atoms with Crippen LogP contribution < -0.4 is 5.32 Å². The summed E-state index contributed by atoms with van der Waals surface area (Å²) in [5.41, 5.74) is 0.523. The predicted molar refractivity (Wildman–Crippen MR) is 50.7 cm³/mol. The highest BCUT2D eigenvalue weighted by molar-refractivity contribution is 6.32. The molecule has 0 aliphatic carbocycles. The van der Waals surface area contributed by atoms with Gasteiger partial charge in [0.2, 0.25) is 0 Å². The van der Waals surface area contributed by atoms with Gasteiger partial charge >= 0.3 is 0 Å². The Labute approximate surface area is 85.1 Å². The molecule has 0 aromatic heterocycles. The lowest BCUT2D eigenvalue weighted by Crippen LogP contribution is -2.11. The first-order valence-electron chi connectivity index (χ1n) is 3.85. The van der Waals surface area contributed by atoms with Crippen LogP contribution in [0.25, 0.3) is 0 Å². The Kier molecular flexibility index (Phi) is 3.66. The molecule has 0 aliphatic rings. The van der Waals surface area contributed by atoms with Gasteiger partial charge < -0.3 is 5.32 Å². The molecule has 0 spiro atoms. The second-order valence-corrected chi connectivity index (χ2v) is 2.95. The summed E-state index contributed by atoms with van der Waals surface area (Å²) in [6, 6.07) is 6.51. The van der Waals surface area contributed by atoms with Gasteiger partial charge in [0, 0.05) is 0 Å². The molecule has 14 heavy (non-hydrogen) atoms. The van der Waals surface area contributed by atoms with Crippen LogP contribution in [0.1, 0.15) is 5.56 Å². The first-order chi connectivity index (χ1) is 6.65. The molecule has 74 valence electrons. The van der Waals surface area contributed by atoms with Gasteiger partial charge in [-0.15, -0.1) is 0 Å². The smallest absolute Gasteiger partial charge is 0.255 e. The minimum Gasteiger partial charge on any atom is -0.378 e. The zero-order chi connectivity index (χ0) is 10.6. The molecule has 0 atom stereocenters. The molecule has 0 amide bonds. The fraction of sp³-hybridized carbons (Fsp3) is 0.222. The number of rotatable bonds is 3. The van der Waals surface area contributed by atoms with E-state index in [-0.39, 0.29) is 10.6 Å². The Morgan fingerprint density at radius 2 is 2.21 bits per heavy atom. The van der Waals surface area contributed by atoms with E-state index >= 15 is 0 Å². The summed E-state index contributed by atoms with van der Waals surface area (Å²) in [5.74, 6) is 0. The van der Waals surface area contributed by atoms with Crippen LogP contribution in [0.4, 0.5) is 14.5 Å². The third kappa shape index (κ3) is 2.57. The van der Waals surface area contributed by atoms with Crippen molar-refractivity contribution in [2.24, 2.45) is 0 Å². The molecular weight excluding hydrogens is 210 g/mol. The molecule has 0 fully saturated rings. The van der Waals surface area contributed by atoms with Gasteiger partial charge in [0.15, 0.2) is 0 Å². The molecule has 0 unspecified atom stereocenters. The van der Waals surface area contributed by atoms with Crippen molar-refractivity contribution in [2.45, 2.75) is 6.43 Å². The summed E-state index contributed by atoms with van der Waals surface area (Å²) >= 11 is 5.69. The number of benzene rings is 1. The van der Waals surface area contributed by atoms with Crippen LogP contribution in [0.2, 0.25) is 5.02 Å². The highest BCUT2D eigenvalue weighted by Gasteiger charge is 2.07. The van der Waals surface area contributed by atoms with Crippen molar-refractivity contribution in [1.29, 1.82) is 5.26 Å². The third-order valence-electron chi connectivity index (χ3n) is 1.57. The molecule has 0 saturated carbocycles. The minimum absolute atomic E-state index is 0.190. The number of hydrogen-bond acceptors (Lipinski definition) is 2. The fourth-order valence-electron chi connectivity index (χ4n) is 0.972. The first kappa shape index (κ1) is 10.7. The number of anilines is 1. The van der Waals surface area contributed by atoms with Gasteiger partial charge in [-0.25, -0.2) is 8.78 Å². The van der Waals surface area contributed by atoms with Crippen LogP contribution in [0.15, 0.2) is 18.2 Å². The zero-order valence-electron chi connectivity index (χ0n) is 7.10. The molecule has 2 nitrogen and oxygen atoms in total. The number of nitriles is 1. The zero-order valence-corrected chi connectivity index (χ0v) is 7.85. The Bertz CT molecular complexity index is 360. The highest BCUT2D eigenvalue weighted by Crippen LogP contribution is 2.23. The molecule has 1 aromatic rings. The van der Waals surface area contributed by atoms with E-state index in [0.717, 1.165) is 0 Å². The SMILES string of the molecule is N#Cc1c(Cl)cccc1NCC(F)F. The lowest BCUT2D eigenvalue weighted by atomic mass is 10.2. The number of halogens is 3. The van der Waals surface area contributed by atoms with Gasteiger partial charge in [0.1, 0.15) is 6.07 Å². The lowest BCUT2D eigenvalue weighted by Gasteiger charge is -2.07. The molecule has 1 rings (SSSR count). The summed E-state index contributed by atoms with van der Waals surface area (Å²) in [6.07, 6.45) is -2.46. The summed E-state index contributed by atoms with van der Waals surface area (Å²) in [7, 11) is 0. The monoisotopic (exact) mass is 216 g/mol. The minimum atomic E-state index is -2.46. The van der Waals surface area contributed by atoms with Gasteiger partial charge in [-0.2, -0.15) is 5.26 Å². The molecule has 0 heterocycles. The Hall–Kier alpha value is -1.34. The number of nitrogens with one attached hydrogen (secondary N) is 1. The lowest BCUT2D eigenvalue weighted by molar-refractivity contribution is 0.163. The van der Waals surface area contributed by atoms with E-state index in [1.54, 1.807) is 6.07 Å². The van der Waals surface area contributed by atoms with Crippen molar-refractivity contribution in [2.75, 3.05) is 11.9 Å². The summed E-state index contributed by atoms with van der Waals surface area (Å²) < 4.78 is 23.8. The van der Waals surface area contributed by atoms with E-state index in [1.165, 1.54) is 12.1 Å². The molecule has 0 saturated heterocycles. The summed E-state index contributed by atoms with van der Waals surface area (Å²) in [6.45, 7) is -0.491. The van der Waals surface area contributed by atoms with Crippen LogP contribution in [0.5, 0.6) is 0 Å². The molecule has 0 aliphatic heterocycles. The van der Waals surface area contributed by atoms with E-state index in [9.17, 15) is 8.78 Å². The van der Waals surface area contributed by atoms with E-state index in [2.05, 4.69) is 5.32 Å². The van der Waals surface area contributed by atoms with Crippen LogP contribution in [0.3, 0.4) is 0 Å². The largest absolute Gasteiger partial charge is 0.378 e. The average molecular weight is 217 g/mol. The second kappa shape index (κ2) is 4.77. The molecule has 1 N–H and O–H groups in total. The van der Waals surface area contributed by atoms with Gasteiger partial charge in [0.25, 0.3) is 6.43 Å². The van der Waals surface area contributed by atoms with E-state index in [0.29, 0.717) is 5.69 Å². The van der Waals surface area contributed by atoms with Crippen molar-refractivity contribution in [3.05, 3.63) is 28.8 Å². The maximum Gasteiger partial charge on any atom is 0.255 e. The van der Waals surface area contributed by atoms with E-state index in [4.69, 9.17) is 16.9 Å². The Morgan fingerprint density at radius 1 is 1.50 bits per heavy atom. The quantitative estimate of drug-likeness (QED) is 0.843. The van der Waals surface area contributed by atoms with Crippen molar-refractivity contribution in [3.63, 3.8) is 0 Å². The first-order valence-corrected chi connectivity index (χ1v) is 4.23. The summed E-state index contributed by atoms with van der Waals surface area (Å²) in [5, 5.41) is 11.4. The van der Waals surface area contributed by atoms with Crippen LogP contribution in [0, 0.1) is 11.3 Å². The van der Waals surface area contributed by atoms with Gasteiger partial charge in [-0.3, -0.25) is 0 Å². The van der Waals surface area contributed by atoms with Crippen LogP contribution in [-0.2, 0) is 0 Å². The Balaban J connectivity index is 2.87. The Morgan fingerprint density at radius 3 is 2.79 bits per heavy atom. The van der Waals surface area contributed by atoms with Crippen molar-refractivity contribution in [1.82, 2.24) is 0 Å². The second-order valence-electron chi connectivity index (χ2n) is 2.55. The van der Waals surface area contributed by atoms with Crippen molar-refractivity contribution in [3.8, 4) is 6.07 Å². The van der Waals surface area contributed by atoms with Crippen LogP contribution >= 0.6 is 11.6 Å². The highest BCUT2D eigenvalue weighted by atomic mass is 35.5. The van der Waals surface area contributed by atoms with E-state index < -0.39 is 13.0 Å². The topological polar surface area (TPSA) is 35.8 Å². The fourth-order valence-corrected chi connectivity index (χ4v) is 1.19. The van der Waals surface area contributed by atoms with Gasteiger partial charge in [0.05, 0.1) is 22.8 Å². The number of alkyl halides is 2. The molecular formula is C9H7ClF2N2. The maximum atomic E-state index is 11.9. The van der Waals surface area contributed by atoms with Gasteiger partial charge in [-0.05, 0) is 12.1 Å². The van der Waals surface area contributed by atoms with E-state index in [1.807, 2.05) is 6.07 Å². The third-order valence-corrected chi connectivity index (χ3v) is 1.89. The molecule has 0 radical (unpaired) electrons. The standard InChI is InChI=1S/C9H7ClF2N2/c10-7-2-1-3-8(6(7)4-13)14-5-9(11)12/h1-3,9,14H,5H2. The molecule has 0 bridgehead atoms. The molecule has 1 aromatic carbocycles. The predicted octanol–water partition coefficient (Wildman–Crippen LogP) is 2.89. The maximum absolute atomic E-state index is 11.9. The van der Waals surface area contributed by atoms with Crippen molar-refractivity contribution < 1.29 is 8.78 Å².